The molecule has 100 valence electrons. The van der Waals surface area contributed by atoms with E-state index in [9.17, 15) is 0 Å². The number of nitrogens with two attached hydrogens (primary N) is 1. The van der Waals surface area contributed by atoms with E-state index in [2.05, 4.69) is 25.1 Å². The Morgan fingerprint density at radius 1 is 1.00 bits per heavy atom. The minimum atomic E-state index is -0.0770. The number of aryl methyl sites for hydroxylation is 1. The van der Waals surface area contributed by atoms with Crippen molar-refractivity contribution in [1.29, 1.82) is 0 Å². The van der Waals surface area contributed by atoms with E-state index in [4.69, 9.17) is 10.5 Å². The lowest BCUT2D eigenvalue weighted by atomic mass is 9.94. The van der Waals surface area contributed by atoms with E-state index >= 15 is 0 Å². The third kappa shape index (κ3) is 3.15. The number of hydrogen-bond acceptors (Lipinski definition) is 2. The Morgan fingerprint density at radius 3 is 2.32 bits per heavy atom. The normalized spacial score (nSPS) is 12.2. The lowest BCUT2D eigenvalue weighted by Crippen LogP contribution is -2.13. The molecule has 2 heteroatoms. The van der Waals surface area contributed by atoms with Crippen LogP contribution < -0.4 is 10.5 Å². The summed E-state index contributed by atoms with van der Waals surface area (Å²) in [7, 11) is 0. The number of rotatable bonds is 5. The molecule has 0 aliphatic carbocycles. The van der Waals surface area contributed by atoms with E-state index < -0.39 is 0 Å². The van der Waals surface area contributed by atoms with Crippen molar-refractivity contribution in [1.82, 2.24) is 0 Å². The first-order chi connectivity index (χ1) is 9.26. The van der Waals surface area contributed by atoms with Crippen molar-refractivity contribution in [3.63, 3.8) is 0 Å². The summed E-state index contributed by atoms with van der Waals surface area (Å²) in [5.41, 5.74) is 10.0. The Kier molecular flexibility index (Phi) is 4.58. The van der Waals surface area contributed by atoms with Crippen molar-refractivity contribution in [3.8, 4) is 5.75 Å². The molecule has 0 radical (unpaired) electrons. The zero-order valence-electron chi connectivity index (χ0n) is 11.6. The second kappa shape index (κ2) is 6.39. The molecule has 0 aliphatic rings. The minimum absolute atomic E-state index is 0.0770. The van der Waals surface area contributed by atoms with Crippen LogP contribution in [0.25, 0.3) is 0 Å². The van der Waals surface area contributed by atoms with Gasteiger partial charge in [0.25, 0.3) is 0 Å². The Balaban J connectivity index is 2.25. The van der Waals surface area contributed by atoms with Gasteiger partial charge in [-0.05, 0) is 42.2 Å². The zero-order valence-corrected chi connectivity index (χ0v) is 11.6. The van der Waals surface area contributed by atoms with E-state index in [1.165, 1.54) is 11.1 Å². The third-order valence-corrected chi connectivity index (χ3v) is 3.32. The van der Waals surface area contributed by atoms with Crippen LogP contribution in [-0.4, -0.2) is 6.61 Å². The van der Waals surface area contributed by atoms with Crippen molar-refractivity contribution in [3.05, 3.63) is 65.2 Å². The van der Waals surface area contributed by atoms with E-state index in [0.29, 0.717) is 6.61 Å². The van der Waals surface area contributed by atoms with Gasteiger partial charge in [-0.1, -0.05) is 43.3 Å². The standard InChI is InChI=1S/C17H21NO/c1-3-13-7-5-6-8-16(13)17(18)14-9-11-15(12-10-14)19-4-2/h5-12,17H,3-4,18H2,1-2H3. The Bertz CT molecular complexity index is 519. The highest BCUT2D eigenvalue weighted by Gasteiger charge is 2.11. The summed E-state index contributed by atoms with van der Waals surface area (Å²) in [5, 5.41) is 0. The van der Waals surface area contributed by atoms with Crippen LogP contribution in [0, 0.1) is 0 Å². The van der Waals surface area contributed by atoms with E-state index in [1.807, 2.05) is 37.3 Å². The molecule has 0 heterocycles. The highest BCUT2D eigenvalue weighted by molar-refractivity contribution is 5.39. The predicted octanol–water partition coefficient (Wildman–Crippen LogP) is 3.70. The molecule has 0 aromatic heterocycles. The molecule has 0 fully saturated rings. The maximum absolute atomic E-state index is 6.38. The van der Waals surface area contributed by atoms with Crippen LogP contribution in [0.1, 0.15) is 36.6 Å². The molecule has 1 unspecified atom stereocenters. The van der Waals surface area contributed by atoms with Crippen LogP contribution >= 0.6 is 0 Å². The topological polar surface area (TPSA) is 35.2 Å². The molecular formula is C17H21NO. The first kappa shape index (κ1) is 13.6. The summed E-state index contributed by atoms with van der Waals surface area (Å²) in [6.07, 6.45) is 1.00. The average Bonchev–Trinajstić information content (AvgIpc) is 2.47. The number of benzene rings is 2. The van der Waals surface area contributed by atoms with Gasteiger partial charge in [-0.2, -0.15) is 0 Å². The monoisotopic (exact) mass is 255 g/mol. The van der Waals surface area contributed by atoms with Gasteiger partial charge in [-0.25, -0.2) is 0 Å². The Hall–Kier alpha value is -1.80. The summed E-state index contributed by atoms with van der Waals surface area (Å²) in [6.45, 7) is 4.82. The van der Waals surface area contributed by atoms with E-state index in [0.717, 1.165) is 17.7 Å². The predicted molar refractivity (Wildman–Crippen MR) is 79.5 cm³/mol. The lowest BCUT2D eigenvalue weighted by Gasteiger charge is -2.16. The third-order valence-electron chi connectivity index (χ3n) is 3.32. The summed E-state index contributed by atoms with van der Waals surface area (Å²) >= 11 is 0. The Morgan fingerprint density at radius 2 is 1.68 bits per heavy atom. The Labute approximate surface area is 115 Å². The summed E-state index contributed by atoms with van der Waals surface area (Å²) in [5.74, 6) is 0.891. The van der Waals surface area contributed by atoms with Crippen LogP contribution in [0.5, 0.6) is 5.75 Å². The molecule has 2 aromatic rings. The number of hydrogen-bond donors (Lipinski definition) is 1. The van der Waals surface area contributed by atoms with Gasteiger partial charge < -0.3 is 10.5 Å². The molecule has 0 spiro atoms. The van der Waals surface area contributed by atoms with Gasteiger partial charge in [0.05, 0.1) is 12.6 Å². The van der Waals surface area contributed by atoms with Crippen LogP contribution in [-0.2, 0) is 6.42 Å². The maximum Gasteiger partial charge on any atom is 0.119 e. The molecule has 0 bridgehead atoms. The van der Waals surface area contributed by atoms with Crippen LogP contribution in [0.2, 0.25) is 0 Å². The molecule has 19 heavy (non-hydrogen) atoms. The molecule has 2 rings (SSSR count). The van der Waals surface area contributed by atoms with E-state index in [-0.39, 0.29) is 6.04 Å². The van der Waals surface area contributed by atoms with Gasteiger partial charge >= 0.3 is 0 Å². The van der Waals surface area contributed by atoms with Gasteiger partial charge in [0, 0.05) is 0 Å². The first-order valence-electron chi connectivity index (χ1n) is 6.82. The molecule has 0 aliphatic heterocycles. The molecule has 0 saturated heterocycles. The molecule has 2 nitrogen and oxygen atoms in total. The largest absolute Gasteiger partial charge is 0.494 e. The highest BCUT2D eigenvalue weighted by Crippen LogP contribution is 2.25. The first-order valence-corrected chi connectivity index (χ1v) is 6.82. The van der Waals surface area contributed by atoms with Crippen molar-refractivity contribution < 1.29 is 4.74 Å². The molecule has 1 atom stereocenters. The van der Waals surface area contributed by atoms with Crippen LogP contribution in [0.3, 0.4) is 0 Å². The fourth-order valence-electron chi connectivity index (χ4n) is 2.28. The van der Waals surface area contributed by atoms with Crippen molar-refractivity contribution >= 4 is 0 Å². The van der Waals surface area contributed by atoms with Crippen LogP contribution in [0.15, 0.2) is 48.5 Å². The smallest absolute Gasteiger partial charge is 0.119 e. The fraction of sp³-hybridized carbons (Fsp3) is 0.294. The van der Waals surface area contributed by atoms with Gasteiger partial charge in [0.2, 0.25) is 0 Å². The summed E-state index contributed by atoms with van der Waals surface area (Å²) in [4.78, 5) is 0. The van der Waals surface area contributed by atoms with Gasteiger partial charge in [0.1, 0.15) is 5.75 Å². The average molecular weight is 255 g/mol. The lowest BCUT2D eigenvalue weighted by molar-refractivity contribution is 0.340. The summed E-state index contributed by atoms with van der Waals surface area (Å²) in [6, 6.07) is 16.3. The van der Waals surface area contributed by atoms with Crippen LogP contribution in [0.4, 0.5) is 0 Å². The molecule has 0 saturated carbocycles. The molecule has 2 aromatic carbocycles. The van der Waals surface area contributed by atoms with Gasteiger partial charge in [0.15, 0.2) is 0 Å². The number of ether oxygens (including phenoxy) is 1. The van der Waals surface area contributed by atoms with Gasteiger partial charge in [-0.15, -0.1) is 0 Å². The summed E-state index contributed by atoms with van der Waals surface area (Å²) < 4.78 is 5.45. The van der Waals surface area contributed by atoms with Crippen molar-refractivity contribution in [2.75, 3.05) is 6.61 Å². The molecule has 0 amide bonds. The van der Waals surface area contributed by atoms with Crippen molar-refractivity contribution in [2.45, 2.75) is 26.3 Å². The molecular weight excluding hydrogens is 234 g/mol. The second-order valence-corrected chi connectivity index (χ2v) is 4.53. The highest BCUT2D eigenvalue weighted by atomic mass is 16.5. The maximum atomic E-state index is 6.38. The quantitative estimate of drug-likeness (QED) is 0.884. The minimum Gasteiger partial charge on any atom is -0.494 e. The SMILES string of the molecule is CCOc1ccc(C(N)c2ccccc2CC)cc1. The van der Waals surface area contributed by atoms with Gasteiger partial charge in [-0.3, -0.25) is 0 Å². The fourth-order valence-corrected chi connectivity index (χ4v) is 2.28. The van der Waals surface area contributed by atoms with Crippen molar-refractivity contribution in [2.24, 2.45) is 5.73 Å². The molecule has 2 N–H and O–H groups in total. The second-order valence-electron chi connectivity index (χ2n) is 4.53. The van der Waals surface area contributed by atoms with E-state index in [1.54, 1.807) is 0 Å². The zero-order chi connectivity index (χ0) is 13.7.